The second kappa shape index (κ2) is 22.0. The summed E-state index contributed by atoms with van der Waals surface area (Å²) in [6, 6.07) is 32.6. The number of hydrogen-bond acceptors (Lipinski definition) is 9. The van der Waals surface area contributed by atoms with Crippen LogP contribution in [0.3, 0.4) is 0 Å². The Morgan fingerprint density at radius 1 is 0.589 bits per heavy atom. The minimum Gasteiger partial charge on any atom is -0.494 e. The lowest BCUT2D eigenvalue weighted by molar-refractivity contribution is 0.121. The first kappa shape index (κ1) is 41.4. The van der Waals surface area contributed by atoms with Gasteiger partial charge in [0.15, 0.2) is 5.69 Å². The Hall–Kier alpha value is -5.76. The van der Waals surface area contributed by atoms with Crippen molar-refractivity contribution in [1.29, 1.82) is 16.1 Å². The Balaban J connectivity index is 0.000000215. The van der Waals surface area contributed by atoms with Gasteiger partial charge in [-0.15, -0.1) is 0 Å². The van der Waals surface area contributed by atoms with E-state index in [2.05, 4.69) is 42.6 Å². The van der Waals surface area contributed by atoms with Crippen molar-refractivity contribution in [2.75, 3.05) is 78.7 Å². The van der Waals surface area contributed by atoms with E-state index in [1.165, 1.54) is 11.1 Å². The molecule has 2 aliphatic heterocycles. The predicted octanol–water partition coefficient (Wildman–Crippen LogP) is 5.54. The third-order valence-corrected chi connectivity index (χ3v) is 10.00. The number of amidine groups is 2. The lowest BCUT2D eigenvalue weighted by Gasteiger charge is -2.34. The van der Waals surface area contributed by atoms with Gasteiger partial charge in [-0.05, 0) is 72.5 Å². The highest BCUT2D eigenvalue weighted by molar-refractivity contribution is 5.95. The minimum atomic E-state index is 0.0729. The van der Waals surface area contributed by atoms with Gasteiger partial charge in [0, 0.05) is 89.7 Å². The Morgan fingerprint density at radius 3 is 1.36 bits per heavy atom. The zero-order valence-corrected chi connectivity index (χ0v) is 32.2. The van der Waals surface area contributed by atoms with Crippen molar-refractivity contribution in [2.45, 2.75) is 25.9 Å². The van der Waals surface area contributed by atoms with E-state index in [4.69, 9.17) is 43.6 Å². The van der Waals surface area contributed by atoms with Gasteiger partial charge >= 0.3 is 0 Å². The Kier molecular flexibility index (Phi) is 16.2. The first-order chi connectivity index (χ1) is 27.3. The van der Waals surface area contributed by atoms with Crippen LogP contribution in [0.5, 0.6) is 11.5 Å². The molecule has 2 aliphatic rings. The van der Waals surface area contributed by atoms with Crippen molar-refractivity contribution in [3.05, 3.63) is 136 Å². The van der Waals surface area contributed by atoms with Gasteiger partial charge in [0.05, 0.1) is 31.4 Å². The van der Waals surface area contributed by atoms with Crippen LogP contribution in [0.15, 0.2) is 97.1 Å². The van der Waals surface area contributed by atoms with Gasteiger partial charge < -0.3 is 30.7 Å². The van der Waals surface area contributed by atoms with Gasteiger partial charge in [0.25, 0.3) is 0 Å². The van der Waals surface area contributed by atoms with E-state index in [0.29, 0.717) is 30.0 Å². The van der Waals surface area contributed by atoms with Crippen molar-refractivity contribution in [2.24, 2.45) is 11.5 Å². The van der Waals surface area contributed by atoms with E-state index in [1.54, 1.807) is 12.1 Å². The summed E-state index contributed by atoms with van der Waals surface area (Å²) < 4.78 is 11.5. The van der Waals surface area contributed by atoms with Gasteiger partial charge in [0.2, 0.25) is 0 Å². The van der Waals surface area contributed by atoms with Gasteiger partial charge in [0.1, 0.15) is 23.2 Å². The molecular weight excluding hydrogens is 701 g/mol. The maximum Gasteiger partial charge on any atom is 0.187 e. The molecule has 2 fully saturated rings. The second-order valence-electron chi connectivity index (χ2n) is 14.1. The van der Waals surface area contributed by atoms with Gasteiger partial charge in [-0.3, -0.25) is 20.6 Å². The number of nitrogen functional groups attached to an aromatic ring is 2. The summed E-state index contributed by atoms with van der Waals surface area (Å²) in [6.45, 7) is 20.8. The molecule has 0 saturated carbocycles. The SMILES string of the molecule is N=C(N)c1ccc(CN2CCN(CCCOc3ccc(C(=N)N)cc3)CC2)cc1.[C-]#[N+]c1ccc(OCCCN2CCN(Cc3ccc(C#N)cc3)CC2)cc1. The highest BCUT2D eigenvalue weighted by atomic mass is 16.5. The van der Waals surface area contributed by atoms with E-state index in [-0.39, 0.29) is 11.7 Å². The molecule has 0 spiro atoms. The molecule has 4 aromatic rings. The number of nitriles is 1. The van der Waals surface area contributed by atoms with E-state index < -0.39 is 0 Å². The topological polar surface area (TPSA) is 159 Å². The molecule has 0 radical (unpaired) electrons. The van der Waals surface area contributed by atoms with Gasteiger partial charge in [-0.2, -0.15) is 5.26 Å². The maximum absolute atomic E-state index is 8.87. The first-order valence-corrected chi connectivity index (χ1v) is 19.3. The number of nitrogens with one attached hydrogen (secondary N) is 2. The first-order valence-electron chi connectivity index (χ1n) is 19.3. The molecule has 0 aliphatic carbocycles. The van der Waals surface area contributed by atoms with Crippen LogP contribution in [0.25, 0.3) is 4.85 Å². The van der Waals surface area contributed by atoms with Crippen molar-refractivity contribution in [3.63, 3.8) is 0 Å². The molecule has 0 aromatic heterocycles. The van der Waals surface area contributed by atoms with E-state index in [0.717, 1.165) is 108 Å². The van der Waals surface area contributed by atoms with Crippen LogP contribution < -0.4 is 20.9 Å². The summed E-state index contributed by atoms with van der Waals surface area (Å²) in [7, 11) is 0. The summed E-state index contributed by atoms with van der Waals surface area (Å²) in [5.41, 5.74) is 16.3. The zero-order chi connectivity index (χ0) is 39.5. The van der Waals surface area contributed by atoms with Crippen LogP contribution in [0.1, 0.15) is 40.7 Å². The number of nitrogens with zero attached hydrogens (tertiary/aromatic N) is 6. The van der Waals surface area contributed by atoms with Gasteiger partial charge in [-0.1, -0.05) is 48.5 Å². The summed E-state index contributed by atoms with van der Waals surface area (Å²) in [5, 5.41) is 23.7. The highest BCUT2D eigenvalue weighted by Crippen LogP contribution is 2.18. The Morgan fingerprint density at radius 2 is 0.964 bits per heavy atom. The van der Waals surface area contributed by atoms with Crippen LogP contribution in [0, 0.1) is 28.7 Å². The molecule has 2 saturated heterocycles. The second-order valence-corrected chi connectivity index (χ2v) is 14.1. The molecule has 6 rings (SSSR count). The van der Waals surface area contributed by atoms with Crippen LogP contribution in [0.4, 0.5) is 5.69 Å². The largest absolute Gasteiger partial charge is 0.494 e. The minimum absolute atomic E-state index is 0.0729. The lowest BCUT2D eigenvalue weighted by atomic mass is 10.1. The number of rotatable bonds is 16. The van der Waals surface area contributed by atoms with E-state index >= 15 is 0 Å². The van der Waals surface area contributed by atoms with Crippen LogP contribution in [-0.4, -0.2) is 110 Å². The molecule has 0 amide bonds. The normalized spacial score (nSPS) is 15.1. The molecular formula is C44H54N10O2. The average Bonchev–Trinajstić information content (AvgIpc) is 3.23. The fourth-order valence-electron chi connectivity index (χ4n) is 6.64. The molecule has 12 heteroatoms. The summed E-state index contributed by atoms with van der Waals surface area (Å²) >= 11 is 0. The van der Waals surface area contributed by atoms with Crippen molar-refractivity contribution < 1.29 is 9.47 Å². The fraction of sp³-hybridized carbons (Fsp3) is 0.364. The maximum atomic E-state index is 8.87. The zero-order valence-electron chi connectivity index (χ0n) is 32.2. The Labute approximate surface area is 331 Å². The van der Waals surface area contributed by atoms with E-state index in [1.807, 2.05) is 72.8 Å². The third kappa shape index (κ3) is 13.8. The Bertz CT molecular complexity index is 1880. The lowest BCUT2D eigenvalue weighted by Crippen LogP contribution is -2.46. The number of piperazine rings is 2. The number of hydrogen-bond donors (Lipinski definition) is 4. The smallest absolute Gasteiger partial charge is 0.187 e. The molecule has 292 valence electrons. The molecule has 6 N–H and O–H groups in total. The van der Waals surface area contributed by atoms with Crippen LogP contribution in [-0.2, 0) is 13.1 Å². The molecule has 0 bridgehead atoms. The quantitative estimate of drug-likeness (QED) is 0.0499. The van der Waals surface area contributed by atoms with Crippen LogP contribution in [0.2, 0.25) is 0 Å². The molecule has 4 aromatic carbocycles. The standard InChI is InChI=1S/C22H30N6O.C22H24N4O/c23-21(24)18-4-2-17(3-5-18)16-28-13-11-27(12-14-28)10-1-15-29-20-8-6-19(7-9-20)22(25)26;1-24-21-7-9-22(10-8-21)27-16-2-11-25-12-14-26(15-13-25)18-20-5-3-19(17-23)4-6-20/h2-9H,1,10-16H2,(H3,23,24)(H3,25,26);3-10H,2,11-16,18H2. The molecule has 2 heterocycles. The third-order valence-electron chi connectivity index (χ3n) is 10.00. The van der Waals surface area contributed by atoms with Crippen LogP contribution >= 0.6 is 0 Å². The predicted molar refractivity (Wildman–Crippen MR) is 222 cm³/mol. The summed E-state index contributed by atoms with van der Waals surface area (Å²) in [4.78, 5) is 13.3. The highest BCUT2D eigenvalue weighted by Gasteiger charge is 2.18. The molecule has 0 unspecified atom stereocenters. The van der Waals surface area contributed by atoms with Gasteiger partial charge in [-0.25, -0.2) is 4.85 Å². The molecule has 12 nitrogen and oxygen atoms in total. The van der Waals surface area contributed by atoms with Crippen molar-refractivity contribution in [1.82, 2.24) is 19.6 Å². The van der Waals surface area contributed by atoms with Crippen molar-refractivity contribution >= 4 is 17.4 Å². The fourth-order valence-corrected chi connectivity index (χ4v) is 6.64. The summed E-state index contributed by atoms with van der Waals surface area (Å²) in [6.07, 6.45) is 1.99. The number of nitrogens with two attached hydrogens (primary N) is 2. The summed E-state index contributed by atoms with van der Waals surface area (Å²) in [5.74, 6) is 1.83. The number of ether oxygens (including phenoxy) is 2. The van der Waals surface area contributed by atoms with Crippen molar-refractivity contribution in [3.8, 4) is 17.6 Å². The molecule has 56 heavy (non-hydrogen) atoms. The number of benzene rings is 4. The monoisotopic (exact) mass is 754 g/mol. The van der Waals surface area contributed by atoms with E-state index in [9.17, 15) is 0 Å². The average molecular weight is 755 g/mol. The molecule has 0 atom stereocenters.